The van der Waals surface area contributed by atoms with Gasteiger partial charge in [0.05, 0.1) is 20.8 Å². The third kappa shape index (κ3) is 6.94. The molecule has 0 aliphatic rings. The standard InChI is InChI=1S/C17H27N3O3.HI/c1-6-12(3)20-17(18-7-2)19-11-13-8-9-15(22-4)14(10-13)16(21)23-5;/h8-10,12H,6-7,11H2,1-5H3,(H2,18,19,20);1H. The summed E-state index contributed by atoms with van der Waals surface area (Å²) < 4.78 is 9.98. The van der Waals surface area contributed by atoms with E-state index in [4.69, 9.17) is 9.47 Å². The maximum absolute atomic E-state index is 11.8. The van der Waals surface area contributed by atoms with Crippen LogP contribution in [0.2, 0.25) is 0 Å². The predicted molar refractivity (Wildman–Crippen MR) is 107 cm³/mol. The Labute approximate surface area is 161 Å². The molecule has 0 spiro atoms. The molecule has 0 saturated carbocycles. The molecule has 0 aliphatic carbocycles. The molecule has 1 unspecified atom stereocenters. The van der Waals surface area contributed by atoms with Crippen LogP contribution in [0.4, 0.5) is 0 Å². The van der Waals surface area contributed by atoms with Gasteiger partial charge in [0.2, 0.25) is 0 Å². The number of carbonyl (C=O) groups is 1. The summed E-state index contributed by atoms with van der Waals surface area (Å²) >= 11 is 0. The minimum atomic E-state index is -0.419. The van der Waals surface area contributed by atoms with Crippen molar-refractivity contribution < 1.29 is 14.3 Å². The molecule has 0 amide bonds. The van der Waals surface area contributed by atoms with Gasteiger partial charge in [-0.2, -0.15) is 0 Å². The molecule has 24 heavy (non-hydrogen) atoms. The number of rotatable bonds is 7. The predicted octanol–water partition coefficient (Wildman–Crippen LogP) is 2.95. The van der Waals surface area contributed by atoms with Gasteiger partial charge in [0, 0.05) is 12.6 Å². The lowest BCUT2D eigenvalue weighted by Crippen LogP contribution is -2.41. The summed E-state index contributed by atoms with van der Waals surface area (Å²) in [5.74, 6) is 0.837. The van der Waals surface area contributed by atoms with E-state index in [1.165, 1.54) is 14.2 Å². The van der Waals surface area contributed by atoms with Crippen LogP contribution in [0, 0.1) is 0 Å². The third-order valence-electron chi connectivity index (χ3n) is 3.43. The maximum atomic E-state index is 11.8. The van der Waals surface area contributed by atoms with Gasteiger partial charge in [-0.15, -0.1) is 24.0 Å². The smallest absolute Gasteiger partial charge is 0.341 e. The van der Waals surface area contributed by atoms with Gasteiger partial charge >= 0.3 is 5.97 Å². The summed E-state index contributed by atoms with van der Waals surface area (Å²) in [7, 11) is 2.88. The Morgan fingerprint density at radius 3 is 2.54 bits per heavy atom. The van der Waals surface area contributed by atoms with E-state index in [2.05, 4.69) is 29.5 Å². The first kappa shape index (κ1) is 22.5. The van der Waals surface area contributed by atoms with Gasteiger partial charge in [-0.25, -0.2) is 9.79 Å². The number of aliphatic imine (C=N–C) groups is 1. The average molecular weight is 449 g/mol. The molecule has 1 aromatic rings. The van der Waals surface area contributed by atoms with Crippen LogP contribution >= 0.6 is 24.0 Å². The zero-order valence-corrected chi connectivity index (χ0v) is 17.3. The SMILES string of the molecule is CCNC(=NCc1ccc(OC)c(C(=O)OC)c1)NC(C)CC.I. The Kier molecular flexibility index (Phi) is 11.2. The van der Waals surface area contributed by atoms with E-state index in [1.807, 2.05) is 13.0 Å². The monoisotopic (exact) mass is 449 g/mol. The second-order valence-electron chi connectivity index (χ2n) is 5.18. The second kappa shape index (κ2) is 11.9. The number of halogens is 1. The number of hydrogen-bond donors (Lipinski definition) is 2. The summed E-state index contributed by atoms with van der Waals surface area (Å²) in [4.78, 5) is 16.4. The lowest BCUT2D eigenvalue weighted by atomic mass is 10.1. The van der Waals surface area contributed by atoms with E-state index in [0.29, 0.717) is 23.9 Å². The van der Waals surface area contributed by atoms with Crippen molar-refractivity contribution >= 4 is 35.9 Å². The zero-order chi connectivity index (χ0) is 17.2. The molecule has 0 fully saturated rings. The number of nitrogens with one attached hydrogen (secondary N) is 2. The van der Waals surface area contributed by atoms with E-state index >= 15 is 0 Å². The van der Waals surface area contributed by atoms with Crippen LogP contribution in [0.5, 0.6) is 5.75 Å². The minimum Gasteiger partial charge on any atom is -0.496 e. The summed E-state index contributed by atoms with van der Waals surface area (Å²) in [6.07, 6.45) is 1.01. The highest BCUT2D eigenvalue weighted by molar-refractivity contribution is 14.0. The first-order chi connectivity index (χ1) is 11.0. The number of nitrogens with zero attached hydrogens (tertiary/aromatic N) is 1. The van der Waals surface area contributed by atoms with E-state index in [9.17, 15) is 4.79 Å². The summed E-state index contributed by atoms with van der Waals surface area (Å²) in [6.45, 7) is 7.50. The van der Waals surface area contributed by atoms with Crippen molar-refractivity contribution in [1.29, 1.82) is 0 Å². The minimum absolute atomic E-state index is 0. The van der Waals surface area contributed by atoms with Crippen LogP contribution in [0.15, 0.2) is 23.2 Å². The number of methoxy groups -OCH3 is 2. The zero-order valence-electron chi connectivity index (χ0n) is 15.0. The van der Waals surface area contributed by atoms with Crippen LogP contribution in [0.25, 0.3) is 0 Å². The van der Waals surface area contributed by atoms with Crippen LogP contribution in [-0.4, -0.2) is 38.7 Å². The first-order valence-electron chi connectivity index (χ1n) is 7.85. The number of ether oxygens (including phenoxy) is 2. The van der Waals surface area contributed by atoms with Crippen LogP contribution in [0.1, 0.15) is 43.1 Å². The van der Waals surface area contributed by atoms with Gasteiger partial charge in [-0.3, -0.25) is 0 Å². The largest absolute Gasteiger partial charge is 0.496 e. The van der Waals surface area contributed by atoms with Gasteiger partial charge in [0.15, 0.2) is 5.96 Å². The fourth-order valence-corrected chi connectivity index (χ4v) is 1.95. The first-order valence-corrected chi connectivity index (χ1v) is 7.85. The highest BCUT2D eigenvalue weighted by atomic mass is 127. The quantitative estimate of drug-likeness (QED) is 0.290. The van der Waals surface area contributed by atoms with Gasteiger partial charge in [0.25, 0.3) is 0 Å². The van der Waals surface area contributed by atoms with Crippen LogP contribution < -0.4 is 15.4 Å². The average Bonchev–Trinajstić information content (AvgIpc) is 2.58. The summed E-state index contributed by atoms with van der Waals surface area (Å²) in [5, 5.41) is 6.54. The molecule has 0 heterocycles. The normalized spacial score (nSPS) is 12.0. The molecule has 1 aromatic carbocycles. The topological polar surface area (TPSA) is 72.0 Å². The Hall–Kier alpha value is -1.51. The Morgan fingerprint density at radius 2 is 2.00 bits per heavy atom. The number of carbonyl (C=O) groups excluding carboxylic acids is 1. The Morgan fingerprint density at radius 1 is 1.29 bits per heavy atom. The van der Waals surface area contributed by atoms with Gasteiger partial charge in [-0.1, -0.05) is 13.0 Å². The lowest BCUT2D eigenvalue weighted by molar-refractivity contribution is 0.0597. The highest BCUT2D eigenvalue weighted by Gasteiger charge is 2.13. The van der Waals surface area contributed by atoms with Crippen molar-refractivity contribution in [3.8, 4) is 5.75 Å². The fraction of sp³-hybridized carbons (Fsp3) is 0.529. The number of hydrogen-bond acceptors (Lipinski definition) is 4. The highest BCUT2D eigenvalue weighted by Crippen LogP contribution is 2.21. The van der Waals surface area contributed by atoms with E-state index in [0.717, 1.165) is 24.5 Å². The van der Waals surface area contributed by atoms with Gasteiger partial charge in [-0.05, 0) is 38.0 Å². The second-order valence-corrected chi connectivity index (χ2v) is 5.18. The van der Waals surface area contributed by atoms with Crippen molar-refractivity contribution in [3.05, 3.63) is 29.3 Å². The molecule has 6 nitrogen and oxygen atoms in total. The molecule has 136 valence electrons. The number of esters is 1. The third-order valence-corrected chi connectivity index (χ3v) is 3.43. The van der Waals surface area contributed by atoms with E-state index < -0.39 is 5.97 Å². The van der Waals surface area contributed by atoms with Crippen molar-refractivity contribution in [2.45, 2.75) is 39.8 Å². The molecular formula is C17H28IN3O3. The molecule has 0 saturated heterocycles. The summed E-state index contributed by atoms with van der Waals surface area (Å²) in [5.41, 5.74) is 1.31. The van der Waals surface area contributed by atoms with Gasteiger partial charge in [0.1, 0.15) is 11.3 Å². The molecule has 2 N–H and O–H groups in total. The molecule has 0 aliphatic heterocycles. The fourth-order valence-electron chi connectivity index (χ4n) is 1.95. The van der Waals surface area contributed by atoms with Crippen molar-refractivity contribution in [2.24, 2.45) is 4.99 Å². The van der Waals surface area contributed by atoms with Crippen LogP contribution in [0.3, 0.4) is 0 Å². The number of guanidine groups is 1. The Balaban J connectivity index is 0.00000529. The van der Waals surface area contributed by atoms with Gasteiger partial charge < -0.3 is 20.1 Å². The van der Waals surface area contributed by atoms with Crippen LogP contribution in [-0.2, 0) is 11.3 Å². The molecule has 7 heteroatoms. The molecule has 1 atom stereocenters. The number of benzene rings is 1. The molecule has 0 bridgehead atoms. The summed E-state index contributed by atoms with van der Waals surface area (Å²) in [6, 6.07) is 5.74. The molecular weight excluding hydrogens is 421 g/mol. The van der Waals surface area contributed by atoms with E-state index in [1.54, 1.807) is 12.1 Å². The Bertz CT molecular complexity index is 550. The van der Waals surface area contributed by atoms with E-state index in [-0.39, 0.29) is 24.0 Å². The lowest BCUT2D eigenvalue weighted by Gasteiger charge is -2.16. The van der Waals surface area contributed by atoms with Crippen molar-refractivity contribution in [1.82, 2.24) is 10.6 Å². The molecule has 0 aromatic heterocycles. The molecule has 0 radical (unpaired) electrons. The van der Waals surface area contributed by atoms with Crippen molar-refractivity contribution in [3.63, 3.8) is 0 Å². The van der Waals surface area contributed by atoms with Crippen molar-refractivity contribution in [2.75, 3.05) is 20.8 Å². The maximum Gasteiger partial charge on any atom is 0.341 e. The molecule has 1 rings (SSSR count).